The quantitative estimate of drug-likeness (QED) is 0.562. The minimum Gasteiger partial charge on any atom is -0.309 e. The first-order chi connectivity index (χ1) is 4.77. The lowest BCUT2D eigenvalue weighted by molar-refractivity contribution is 0.419. The Balaban J connectivity index is 3.12. The molecule has 0 spiro atoms. The summed E-state index contributed by atoms with van der Waals surface area (Å²) in [5.74, 6) is 6.07. The Morgan fingerprint density at radius 2 is 2.00 bits per heavy atom. The van der Waals surface area contributed by atoms with E-state index in [1.54, 1.807) is 0 Å². The summed E-state index contributed by atoms with van der Waals surface area (Å²) in [5.41, 5.74) is 0. The van der Waals surface area contributed by atoms with E-state index in [9.17, 15) is 0 Å². The van der Waals surface area contributed by atoms with E-state index in [4.69, 9.17) is 0 Å². The fourth-order valence-corrected chi connectivity index (χ4v) is 0.519. The first-order valence-electron chi connectivity index (χ1n) is 3.52. The molecule has 0 atom stereocenters. The molecule has 10 heavy (non-hydrogen) atoms. The molecule has 0 unspecified atom stereocenters. The molecule has 0 aliphatic rings. The van der Waals surface area contributed by atoms with E-state index < -0.39 is 0 Å². The van der Waals surface area contributed by atoms with E-state index in [2.05, 4.69) is 36.2 Å². The van der Waals surface area contributed by atoms with Crippen LogP contribution in [0.15, 0.2) is 0 Å². The number of nitrogens with one attached hydrogen (secondary N) is 1. The van der Waals surface area contributed by atoms with Gasteiger partial charge in [-0.25, -0.2) is 0 Å². The Kier molecular flexibility index (Phi) is 6.25. The number of hydrogen-bond donors (Lipinski definition) is 1. The van der Waals surface area contributed by atoms with Crippen molar-refractivity contribution in [2.45, 2.75) is 6.42 Å². The zero-order chi connectivity index (χ0) is 7.82. The summed E-state index contributed by atoms with van der Waals surface area (Å²) in [6, 6.07) is 0. The van der Waals surface area contributed by atoms with Crippen LogP contribution in [0.1, 0.15) is 6.42 Å². The van der Waals surface area contributed by atoms with Gasteiger partial charge >= 0.3 is 0 Å². The maximum Gasteiger partial charge on any atom is 0.0574 e. The summed E-state index contributed by atoms with van der Waals surface area (Å²) in [5, 5.41) is 2.97. The maximum absolute atomic E-state index is 3.06. The van der Waals surface area contributed by atoms with Gasteiger partial charge in [-0.15, -0.1) is 5.92 Å². The third kappa shape index (κ3) is 7.48. The van der Waals surface area contributed by atoms with Crippen molar-refractivity contribution in [2.24, 2.45) is 0 Å². The lowest BCUT2D eigenvalue weighted by Gasteiger charge is -2.03. The van der Waals surface area contributed by atoms with Crippen LogP contribution < -0.4 is 5.32 Å². The lowest BCUT2D eigenvalue weighted by Crippen LogP contribution is -2.12. The van der Waals surface area contributed by atoms with Crippen LogP contribution in [0.2, 0.25) is 0 Å². The summed E-state index contributed by atoms with van der Waals surface area (Å²) in [6.45, 7) is 1.85. The Hall–Kier alpha value is -0.520. The smallest absolute Gasteiger partial charge is 0.0574 e. The third-order valence-corrected chi connectivity index (χ3v) is 1.07. The van der Waals surface area contributed by atoms with Crippen molar-refractivity contribution in [1.29, 1.82) is 0 Å². The normalized spacial score (nSPS) is 9.20. The van der Waals surface area contributed by atoms with Gasteiger partial charge in [-0.05, 0) is 21.1 Å². The highest BCUT2D eigenvalue weighted by Gasteiger charge is 1.83. The van der Waals surface area contributed by atoms with Gasteiger partial charge in [-0.2, -0.15) is 0 Å². The van der Waals surface area contributed by atoms with Crippen LogP contribution in [0.3, 0.4) is 0 Å². The standard InChI is InChI=1S/C8H16N2/c1-9-7-5-4-6-8-10(2)3/h9H,6-8H2,1-3H3. The van der Waals surface area contributed by atoms with Gasteiger partial charge in [0.2, 0.25) is 0 Å². The van der Waals surface area contributed by atoms with Crippen molar-refractivity contribution in [3.63, 3.8) is 0 Å². The molecule has 0 fully saturated rings. The molecule has 0 aliphatic carbocycles. The first kappa shape index (κ1) is 9.48. The van der Waals surface area contributed by atoms with Gasteiger partial charge < -0.3 is 10.2 Å². The molecule has 0 saturated carbocycles. The monoisotopic (exact) mass is 140 g/mol. The SMILES string of the molecule is CNCC#CCCN(C)C. The summed E-state index contributed by atoms with van der Waals surface area (Å²) in [4.78, 5) is 2.13. The molecule has 2 heteroatoms. The van der Waals surface area contributed by atoms with Crippen molar-refractivity contribution in [3.8, 4) is 11.8 Å². The van der Waals surface area contributed by atoms with Crippen LogP contribution in [-0.2, 0) is 0 Å². The molecule has 2 nitrogen and oxygen atoms in total. The fraction of sp³-hybridized carbons (Fsp3) is 0.750. The predicted molar refractivity (Wildman–Crippen MR) is 44.9 cm³/mol. The second kappa shape index (κ2) is 6.60. The first-order valence-corrected chi connectivity index (χ1v) is 3.52. The highest BCUT2D eigenvalue weighted by molar-refractivity contribution is 5.00. The maximum atomic E-state index is 3.06. The van der Waals surface area contributed by atoms with Crippen LogP contribution in [-0.4, -0.2) is 39.1 Å². The summed E-state index contributed by atoms with van der Waals surface area (Å²) >= 11 is 0. The summed E-state index contributed by atoms with van der Waals surface area (Å²) in [6.07, 6.45) is 0.967. The van der Waals surface area contributed by atoms with Gasteiger partial charge in [0.1, 0.15) is 0 Å². The van der Waals surface area contributed by atoms with Crippen LogP contribution in [0, 0.1) is 11.8 Å². The van der Waals surface area contributed by atoms with E-state index in [0.29, 0.717) is 0 Å². The Morgan fingerprint density at radius 3 is 2.50 bits per heavy atom. The lowest BCUT2D eigenvalue weighted by atomic mass is 10.4. The number of hydrogen-bond acceptors (Lipinski definition) is 2. The average Bonchev–Trinajstić information content (AvgIpc) is 1.87. The van der Waals surface area contributed by atoms with Crippen LogP contribution in [0.5, 0.6) is 0 Å². The fourth-order valence-electron chi connectivity index (χ4n) is 0.519. The largest absolute Gasteiger partial charge is 0.309 e. The topological polar surface area (TPSA) is 15.3 Å². The molecule has 1 N–H and O–H groups in total. The molecule has 0 aromatic heterocycles. The molecule has 0 radical (unpaired) electrons. The van der Waals surface area contributed by atoms with Gasteiger partial charge in [-0.1, -0.05) is 5.92 Å². The van der Waals surface area contributed by atoms with E-state index in [0.717, 1.165) is 19.5 Å². The molecule has 0 aromatic carbocycles. The molecule has 0 aliphatic heterocycles. The van der Waals surface area contributed by atoms with Crippen LogP contribution in [0.25, 0.3) is 0 Å². The Labute approximate surface area is 63.6 Å². The highest BCUT2D eigenvalue weighted by Crippen LogP contribution is 1.78. The predicted octanol–water partition coefficient (Wildman–Crippen LogP) is 0.161. The van der Waals surface area contributed by atoms with Gasteiger partial charge in [-0.3, -0.25) is 0 Å². The van der Waals surface area contributed by atoms with Crippen LogP contribution in [0.4, 0.5) is 0 Å². The Morgan fingerprint density at radius 1 is 1.30 bits per heavy atom. The third-order valence-electron chi connectivity index (χ3n) is 1.07. The molecule has 0 rings (SSSR count). The number of nitrogens with zero attached hydrogens (tertiary/aromatic N) is 1. The van der Waals surface area contributed by atoms with E-state index in [1.807, 2.05) is 7.05 Å². The minimum absolute atomic E-state index is 0.799. The minimum atomic E-state index is 0.799. The van der Waals surface area contributed by atoms with Gasteiger partial charge in [0, 0.05) is 13.0 Å². The van der Waals surface area contributed by atoms with Crippen molar-refractivity contribution in [1.82, 2.24) is 10.2 Å². The van der Waals surface area contributed by atoms with Gasteiger partial charge in [0.25, 0.3) is 0 Å². The molecular weight excluding hydrogens is 124 g/mol. The number of rotatable bonds is 3. The van der Waals surface area contributed by atoms with Crippen LogP contribution >= 0.6 is 0 Å². The van der Waals surface area contributed by atoms with Crippen molar-refractivity contribution in [3.05, 3.63) is 0 Å². The van der Waals surface area contributed by atoms with E-state index in [-0.39, 0.29) is 0 Å². The second-order valence-corrected chi connectivity index (χ2v) is 2.44. The molecule has 0 heterocycles. The summed E-state index contributed by atoms with van der Waals surface area (Å²) in [7, 11) is 6.01. The zero-order valence-electron chi connectivity index (χ0n) is 7.07. The van der Waals surface area contributed by atoms with Crippen molar-refractivity contribution >= 4 is 0 Å². The molecule has 0 amide bonds. The zero-order valence-corrected chi connectivity index (χ0v) is 7.07. The average molecular weight is 140 g/mol. The second-order valence-electron chi connectivity index (χ2n) is 2.44. The van der Waals surface area contributed by atoms with E-state index >= 15 is 0 Å². The van der Waals surface area contributed by atoms with Crippen molar-refractivity contribution < 1.29 is 0 Å². The molecule has 0 bridgehead atoms. The van der Waals surface area contributed by atoms with Crippen molar-refractivity contribution in [2.75, 3.05) is 34.2 Å². The molecular formula is C8H16N2. The van der Waals surface area contributed by atoms with E-state index in [1.165, 1.54) is 0 Å². The Bertz CT molecular complexity index is 119. The van der Waals surface area contributed by atoms with Gasteiger partial charge in [0.15, 0.2) is 0 Å². The molecule has 58 valence electrons. The molecule has 0 aromatic rings. The van der Waals surface area contributed by atoms with Gasteiger partial charge in [0.05, 0.1) is 6.54 Å². The summed E-state index contributed by atoms with van der Waals surface area (Å²) < 4.78 is 0. The molecule has 0 saturated heterocycles. The highest BCUT2D eigenvalue weighted by atomic mass is 15.0.